The second-order valence-electron chi connectivity index (χ2n) is 1.36. The van der Waals surface area contributed by atoms with Crippen LogP contribution in [0.1, 0.15) is 6.92 Å². The summed E-state index contributed by atoms with van der Waals surface area (Å²) in [5, 5.41) is 0. The van der Waals surface area contributed by atoms with E-state index in [1.54, 1.807) is 6.92 Å². The average molecular weight is 131 g/mol. The normalized spacial score (nSPS) is 8.22. The van der Waals surface area contributed by atoms with Crippen molar-refractivity contribution < 1.29 is 14.4 Å². The Kier molecular flexibility index (Phi) is 3.46. The van der Waals surface area contributed by atoms with E-state index in [2.05, 4.69) is 21.6 Å². The number of hydrogen-bond donors (Lipinski definition) is 1. The summed E-state index contributed by atoms with van der Waals surface area (Å²) < 4.78 is 4.37. The van der Waals surface area contributed by atoms with E-state index in [-0.39, 0.29) is 0 Å². The Morgan fingerprint density at radius 1 is 1.67 bits per heavy atom. The lowest BCUT2D eigenvalue weighted by molar-refractivity contribution is 0.0429. The first-order valence-corrected chi connectivity index (χ1v) is 2.37. The minimum absolute atomic E-state index is 0.301. The summed E-state index contributed by atoms with van der Waals surface area (Å²) in [6.45, 7) is 4.88. The van der Waals surface area contributed by atoms with Crippen LogP contribution in [-0.2, 0) is 9.57 Å². The van der Waals surface area contributed by atoms with Crippen LogP contribution in [0.15, 0.2) is 12.3 Å². The molecule has 0 saturated heterocycles. The lowest BCUT2D eigenvalue weighted by Gasteiger charge is -2.00. The van der Waals surface area contributed by atoms with Crippen molar-refractivity contribution in [3.63, 3.8) is 0 Å². The maximum absolute atomic E-state index is 10.3. The lowest BCUT2D eigenvalue weighted by atomic mass is 10.7. The van der Waals surface area contributed by atoms with Crippen molar-refractivity contribution in [1.29, 1.82) is 0 Å². The van der Waals surface area contributed by atoms with Crippen LogP contribution >= 0.6 is 0 Å². The molecule has 0 amide bonds. The summed E-state index contributed by atoms with van der Waals surface area (Å²) in [4.78, 5) is 14.5. The molecule has 0 atom stereocenters. The maximum atomic E-state index is 10.3. The van der Waals surface area contributed by atoms with Gasteiger partial charge in [0.15, 0.2) is 0 Å². The molecule has 0 radical (unpaired) electrons. The summed E-state index contributed by atoms with van der Waals surface area (Å²) in [5.74, 6) is 0.301. The van der Waals surface area contributed by atoms with Crippen LogP contribution < -0.4 is 5.48 Å². The molecule has 0 aromatic carbocycles. The van der Waals surface area contributed by atoms with Crippen LogP contribution in [0, 0.1) is 0 Å². The Morgan fingerprint density at radius 2 is 2.22 bits per heavy atom. The van der Waals surface area contributed by atoms with Gasteiger partial charge >= 0.3 is 6.16 Å². The Bertz CT molecular complexity index is 121. The van der Waals surface area contributed by atoms with Gasteiger partial charge in [0, 0.05) is 7.05 Å². The largest absolute Gasteiger partial charge is 0.532 e. The molecule has 0 saturated carbocycles. The summed E-state index contributed by atoms with van der Waals surface area (Å²) >= 11 is 0. The number of nitrogens with one attached hydrogen (secondary N) is 1. The third-order valence-electron chi connectivity index (χ3n) is 0.443. The van der Waals surface area contributed by atoms with Gasteiger partial charge in [0.25, 0.3) is 0 Å². The van der Waals surface area contributed by atoms with Crippen molar-refractivity contribution in [1.82, 2.24) is 5.48 Å². The third kappa shape index (κ3) is 4.83. The fourth-order valence-electron chi connectivity index (χ4n) is 0.246. The van der Waals surface area contributed by atoms with Crippen LogP contribution in [0.2, 0.25) is 0 Å². The molecule has 0 rings (SSSR count). The van der Waals surface area contributed by atoms with E-state index in [9.17, 15) is 4.79 Å². The predicted octanol–water partition coefficient (Wildman–Crippen LogP) is 0.808. The minimum atomic E-state index is -0.801. The Labute approximate surface area is 53.4 Å². The van der Waals surface area contributed by atoms with Gasteiger partial charge in [0.1, 0.15) is 5.76 Å². The van der Waals surface area contributed by atoms with Gasteiger partial charge in [-0.3, -0.25) is 0 Å². The van der Waals surface area contributed by atoms with Gasteiger partial charge in [0.2, 0.25) is 0 Å². The number of rotatable bonds is 2. The summed E-state index contributed by atoms with van der Waals surface area (Å²) in [6.07, 6.45) is -0.801. The van der Waals surface area contributed by atoms with Crippen LogP contribution in [-0.4, -0.2) is 13.2 Å². The quantitative estimate of drug-likeness (QED) is 0.342. The standard InChI is InChI=1S/C5H9NO3/c1-4(2)8-5(7)9-6-3/h6H,1H2,2-3H3. The van der Waals surface area contributed by atoms with Crippen molar-refractivity contribution in [2.45, 2.75) is 6.92 Å². The fourth-order valence-corrected chi connectivity index (χ4v) is 0.246. The molecule has 52 valence electrons. The van der Waals surface area contributed by atoms with Crippen molar-refractivity contribution in [2.24, 2.45) is 0 Å². The van der Waals surface area contributed by atoms with E-state index < -0.39 is 6.16 Å². The van der Waals surface area contributed by atoms with E-state index in [0.29, 0.717) is 5.76 Å². The van der Waals surface area contributed by atoms with E-state index >= 15 is 0 Å². The zero-order chi connectivity index (χ0) is 7.28. The van der Waals surface area contributed by atoms with Gasteiger partial charge in [-0.2, -0.15) is 5.48 Å². The first-order chi connectivity index (χ1) is 4.16. The Hall–Kier alpha value is -1.03. The van der Waals surface area contributed by atoms with Crippen molar-refractivity contribution >= 4 is 6.16 Å². The van der Waals surface area contributed by atoms with E-state index in [4.69, 9.17) is 0 Å². The van der Waals surface area contributed by atoms with Gasteiger partial charge in [-0.05, 0) is 6.92 Å². The second-order valence-corrected chi connectivity index (χ2v) is 1.36. The molecule has 0 aliphatic carbocycles. The van der Waals surface area contributed by atoms with E-state index in [0.717, 1.165) is 0 Å². The number of carbonyl (C=O) groups is 1. The molecule has 0 fully saturated rings. The molecule has 0 aliphatic rings. The van der Waals surface area contributed by atoms with E-state index in [1.807, 2.05) is 0 Å². The first kappa shape index (κ1) is 7.97. The topological polar surface area (TPSA) is 47.6 Å². The molecule has 0 unspecified atom stereocenters. The summed E-state index contributed by atoms with van der Waals surface area (Å²) in [7, 11) is 1.46. The lowest BCUT2D eigenvalue weighted by Crippen LogP contribution is -2.15. The van der Waals surface area contributed by atoms with Gasteiger partial charge in [0.05, 0.1) is 0 Å². The molecule has 4 heteroatoms. The SMILES string of the molecule is C=C(C)OC(=O)ONC. The van der Waals surface area contributed by atoms with Crippen LogP contribution in [0.25, 0.3) is 0 Å². The summed E-state index contributed by atoms with van der Waals surface area (Å²) in [5.41, 5.74) is 2.16. The molecule has 0 aliphatic heterocycles. The second kappa shape index (κ2) is 3.91. The van der Waals surface area contributed by atoms with Crippen molar-refractivity contribution in [2.75, 3.05) is 7.05 Å². The molecule has 0 aromatic heterocycles. The number of carbonyl (C=O) groups excluding carboxylic acids is 1. The van der Waals surface area contributed by atoms with E-state index in [1.165, 1.54) is 7.05 Å². The van der Waals surface area contributed by atoms with Gasteiger partial charge in [-0.25, -0.2) is 4.79 Å². The Morgan fingerprint density at radius 3 is 2.56 bits per heavy atom. The zero-order valence-electron chi connectivity index (χ0n) is 5.43. The average Bonchev–Trinajstić information content (AvgIpc) is 1.63. The zero-order valence-corrected chi connectivity index (χ0v) is 5.43. The van der Waals surface area contributed by atoms with Gasteiger partial charge < -0.3 is 9.57 Å². The molecule has 0 bridgehead atoms. The predicted molar refractivity (Wildman–Crippen MR) is 31.4 cm³/mol. The number of allylic oxidation sites excluding steroid dienone is 1. The number of hydroxylamine groups is 1. The van der Waals surface area contributed by atoms with Gasteiger partial charge in [-0.15, -0.1) is 0 Å². The van der Waals surface area contributed by atoms with Crippen molar-refractivity contribution in [3.05, 3.63) is 12.3 Å². The molecular weight excluding hydrogens is 122 g/mol. The molecular formula is C5H9NO3. The highest BCUT2D eigenvalue weighted by Gasteiger charge is 2.00. The van der Waals surface area contributed by atoms with Gasteiger partial charge in [-0.1, -0.05) is 6.58 Å². The molecule has 0 aromatic rings. The maximum Gasteiger partial charge on any atom is 0.532 e. The molecule has 9 heavy (non-hydrogen) atoms. The minimum Gasteiger partial charge on any atom is -0.399 e. The molecule has 0 heterocycles. The molecule has 1 N–H and O–H groups in total. The number of ether oxygens (including phenoxy) is 1. The van der Waals surface area contributed by atoms with Crippen molar-refractivity contribution in [3.8, 4) is 0 Å². The molecule has 4 nitrogen and oxygen atoms in total. The summed E-state index contributed by atoms with van der Waals surface area (Å²) in [6, 6.07) is 0. The highest BCUT2D eigenvalue weighted by atomic mass is 16.8. The third-order valence-corrected chi connectivity index (χ3v) is 0.443. The number of hydrogen-bond acceptors (Lipinski definition) is 4. The smallest absolute Gasteiger partial charge is 0.399 e. The van der Waals surface area contributed by atoms with Crippen LogP contribution in [0.3, 0.4) is 0 Å². The van der Waals surface area contributed by atoms with Crippen LogP contribution in [0.4, 0.5) is 4.79 Å². The highest BCUT2D eigenvalue weighted by Crippen LogP contribution is 1.91. The first-order valence-electron chi connectivity index (χ1n) is 2.37. The monoisotopic (exact) mass is 131 g/mol. The van der Waals surface area contributed by atoms with Crippen LogP contribution in [0.5, 0.6) is 0 Å². The highest BCUT2D eigenvalue weighted by molar-refractivity contribution is 5.60. The Balaban J connectivity index is 3.39. The molecule has 0 spiro atoms. The fraction of sp³-hybridized carbons (Fsp3) is 0.400.